The number of thiophene rings is 1. The zero-order valence-corrected chi connectivity index (χ0v) is 11.2. The molecular formula is C13H14N4OS. The summed E-state index contributed by atoms with van der Waals surface area (Å²) >= 11 is 1.86. The van der Waals surface area contributed by atoms with Crippen LogP contribution in [0.5, 0.6) is 0 Å². The molecule has 0 atom stereocenters. The SMILES string of the molecule is NC(=O)c1ccc(NCc2cc3c(s2)CCC3)nn1. The Morgan fingerprint density at radius 1 is 1.37 bits per heavy atom. The summed E-state index contributed by atoms with van der Waals surface area (Å²) in [6.45, 7) is 0.738. The normalized spacial score (nSPS) is 13.3. The van der Waals surface area contributed by atoms with Crippen molar-refractivity contribution in [1.29, 1.82) is 0 Å². The van der Waals surface area contributed by atoms with Gasteiger partial charge >= 0.3 is 0 Å². The van der Waals surface area contributed by atoms with Crippen molar-refractivity contribution in [1.82, 2.24) is 10.2 Å². The molecule has 1 aliphatic rings. The van der Waals surface area contributed by atoms with Crippen molar-refractivity contribution in [3.8, 4) is 0 Å². The third kappa shape index (κ3) is 2.58. The molecule has 5 nitrogen and oxygen atoms in total. The molecule has 0 saturated carbocycles. The fourth-order valence-electron chi connectivity index (χ4n) is 2.21. The number of anilines is 1. The topological polar surface area (TPSA) is 80.9 Å². The van der Waals surface area contributed by atoms with Gasteiger partial charge in [0.2, 0.25) is 0 Å². The van der Waals surface area contributed by atoms with Gasteiger partial charge in [0.25, 0.3) is 5.91 Å². The first kappa shape index (κ1) is 12.1. The minimum atomic E-state index is -0.561. The summed E-state index contributed by atoms with van der Waals surface area (Å²) < 4.78 is 0. The lowest BCUT2D eigenvalue weighted by Gasteiger charge is -2.03. The van der Waals surface area contributed by atoms with Crippen LogP contribution in [0.2, 0.25) is 0 Å². The Morgan fingerprint density at radius 2 is 2.26 bits per heavy atom. The Bertz CT molecular complexity index is 584. The Kier molecular flexibility index (Phi) is 3.16. The largest absolute Gasteiger partial charge is 0.364 e. The number of carbonyl (C=O) groups is 1. The molecule has 0 aliphatic heterocycles. The average Bonchev–Trinajstić information content (AvgIpc) is 2.97. The summed E-state index contributed by atoms with van der Waals surface area (Å²) in [5, 5.41) is 10.9. The number of hydrogen-bond acceptors (Lipinski definition) is 5. The quantitative estimate of drug-likeness (QED) is 0.889. The van der Waals surface area contributed by atoms with E-state index in [2.05, 4.69) is 21.6 Å². The third-order valence-corrected chi connectivity index (χ3v) is 4.40. The molecule has 0 radical (unpaired) electrons. The Labute approximate surface area is 114 Å². The van der Waals surface area contributed by atoms with E-state index in [9.17, 15) is 4.79 Å². The molecule has 2 heterocycles. The molecule has 0 aromatic carbocycles. The van der Waals surface area contributed by atoms with Gasteiger partial charge in [-0.1, -0.05) is 0 Å². The van der Waals surface area contributed by atoms with Gasteiger partial charge in [-0.3, -0.25) is 4.79 Å². The molecule has 3 N–H and O–H groups in total. The zero-order chi connectivity index (χ0) is 13.2. The van der Waals surface area contributed by atoms with Crippen molar-refractivity contribution in [2.24, 2.45) is 5.73 Å². The number of rotatable bonds is 4. The van der Waals surface area contributed by atoms with Crippen LogP contribution in [0.25, 0.3) is 0 Å². The number of carbonyl (C=O) groups excluding carboxylic acids is 1. The lowest BCUT2D eigenvalue weighted by Crippen LogP contribution is -2.14. The zero-order valence-electron chi connectivity index (χ0n) is 10.3. The van der Waals surface area contributed by atoms with Crippen LogP contribution in [0.1, 0.15) is 32.2 Å². The number of nitrogens with one attached hydrogen (secondary N) is 1. The Balaban J connectivity index is 1.63. The van der Waals surface area contributed by atoms with Gasteiger partial charge in [-0.2, -0.15) is 0 Å². The Hall–Kier alpha value is -1.95. The standard InChI is InChI=1S/C13H14N4OS/c14-13(18)10-4-5-12(17-16-10)15-7-9-6-8-2-1-3-11(8)19-9/h4-6H,1-3,7H2,(H2,14,18)(H,15,17). The minimum Gasteiger partial charge on any atom is -0.364 e. The van der Waals surface area contributed by atoms with Crippen molar-refractivity contribution in [2.45, 2.75) is 25.8 Å². The van der Waals surface area contributed by atoms with Crippen molar-refractivity contribution >= 4 is 23.1 Å². The van der Waals surface area contributed by atoms with Crippen LogP contribution in [0.3, 0.4) is 0 Å². The summed E-state index contributed by atoms with van der Waals surface area (Å²) in [7, 11) is 0. The first-order valence-electron chi connectivity index (χ1n) is 6.20. The fourth-order valence-corrected chi connectivity index (χ4v) is 3.41. The van der Waals surface area contributed by atoms with Gasteiger partial charge in [0, 0.05) is 9.75 Å². The van der Waals surface area contributed by atoms with Crippen LogP contribution in [-0.4, -0.2) is 16.1 Å². The van der Waals surface area contributed by atoms with Gasteiger partial charge in [0.1, 0.15) is 5.82 Å². The van der Waals surface area contributed by atoms with Crippen LogP contribution < -0.4 is 11.1 Å². The molecule has 0 fully saturated rings. The first-order chi connectivity index (χ1) is 9.22. The molecule has 0 bridgehead atoms. The number of aromatic nitrogens is 2. The lowest BCUT2D eigenvalue weighted by molar-refractivity contribution is 0.0994. The van der Waals surface area contributed by atoms with E-state index in [-0.39, 0.29) is 5.69 Å². The molecular weight excluding hydrogens is 260 g/mol. The van der Waals surface area contributed by atoms with Crippen molar-refractivity contribution in [3.63, 3.8) is 0 Å². The molecule has 19 heavy (non-hydrogen) atoms. The summed E-state index contributed by atoms with van der Waals surface area (Å²) in [5.74, 6) is 0.0901. The highest BCUT2D eigenvalue weighted by atomic mass is 32.1. The van der Waals surface area contributed by atoms with E-state index in [1.165, 1.54) is 34.6 Å². The molecule has 6 heteroatoms. The molecule has 2 aromatic rings. The van der Waals surface area contributed by atoms with Gasteiger partial charge < -0.3 is 11.1 Å². The molecule has 0 spiro atoms. The summed E-state index contributed by atoms with van der Waals surface area (Å²) in [5.41, 5.74) is 6.79. The van der Waals surface area contributed by atoms with E-state index in [0.29, 0.717) is 5.82 Å². The second-order valence-electron chi connectivity index (χ2n) is 4.54. The molecule has 98 valence electrons. The second-order valence-corrected chi connectivity index (χ2v) is 5.76. The predicted octanol–water partition coefficient (Wildman–Crippen LogP) is 1.74. The van der Waals surface area contributed by atoms with E-state index >= 15 is 0 Å². The Morgan fingerprint density at radius 3 is 2.95 bits per heavy atom. The van der Waals surface area contributed by atoms with Gasteiger partial charge in [-0.25, -0.2) is 0 Å². The van der Waals surface area contributed by atoms with E-state index in [1.807, 2.05) is 11.3 Å². The molecule has 2 aromatic heterocycles. The van der Waals surface area contributed by atoms with E-state index in [0.717, 1.165) is 6.54 Å². The van der Waals surface area contributed by atoms with E-state index < -0.39 is 5.91 Å². The summed E-state index contributed by atoms with van der Waals surface area (Å²) in [4.78, 5) is 13.7. The van der Waals surface area contributed by atoms with Gasteiger partial charge in [0.05, 0.1) is 6.54 Å². The molecule has 3 rings (SSSR count). The van der Waals surface area contributed by atoms with Crippen molar-refractivity contribution in [3.05, 3.63) is 39.2 Å². The predicted molar refractivity (Wildman–Crippen MR) is 74.2 cm³/mol. The van der Waals surface area contributed by atoms with E-state index in [4.69, 9.17) is 5.73 Å². The maximum absolute atomic E-state index is 10.9. The minimum absolute atomic E-state index is 0.181. The summed E-state index contributed by atoms with van der Waals surface area (Å²) in [6, 6.07) is 5.56. The fraction of sp³-hybridized carbons (Fsp3) is 0.308. The highest BCUT2D eigenvalue weighted by Crippen LogP contribution is 2.30. The number of fused-ring (bicyclic) bond motifs is 1. The van der Waals surface area contributed by atoms with Crippen LogP contribution in [0, 0.1) is 0 Å². The van der Waals surface area contributed by atoms with Crippen LogP contribution >= 0.6 is 11.3 Å². The number of amides is 1. The van der Waals surface area contributed by atoms with Crippen LogP contribution in [-0.2, 0) is 19.4 Å². The second kappa shape index (κ2) is 4.97. The summed E-state index contributed by atoms with van der Waals surface area (Å²) in [6.07, 6.45) is 3.71. The van der Waals surface area contributed by atoms with E-state index in [1.54, 1.807) is 12.1 Å². The first-order valence-corrected chi connectivity index (χ1v) is 7.02. The number of nitrogens with two attached hydrogens (primary N) is 1. The molecule has 1 aliphatic carbocycles. The molecule has 1 amide bonds. The smallest absolute Gasteiger partial charge is 0.269 e. The third-order valence-electron chi connectivity index (χ3n) is 3.16. The lowest BCUT2D eigenvalue weighted by atomic mass is 10.2. The average molecular weight is 274 g/mol. The maximum Gasteiger partial charge on any atom is 0.269 e. The van der Waals surface area contributed by atoms with Crippen LogP contribution in [0.4, 0.5) is 5.82 Å². The number of hydrogen-bond donors (Lipinski definition) is 2. The highest BCUT2D eigenvalue weighted by molar-refractivity contribution is 7.12. The van der Waals surface area contributed by atoms with Crippen molar-refractivity contribution in [2.75, 3.05) is 5.32 Å². The van der Waals surface area contributed by atoms with Gasteiger partial charge in [0.15, 0.2) is 5.69 Å². The maximum atomic E-state index is 10.9. The van der Waals surface area contributed by atoms with Crippen LogP contribution in [0.15, 0.2) is 18.2 Å². The number of aryl methyl sites for hydroxylation is 2. The number of nitrogens with zero attached hydrogens (tertiary/aromatic N) is 2. The van der Waals surface area contributed by atoms with Crippen molar-refractivity contribution < 1.29 is 4.79 Å². The molecule has 0 unspecified atom stereocenters. The molecule has 0 saturated heterocycles. The van der Waals surface area contributed by atoms with Gasteiger partial charge in [-0.15, -0.1) is 21.5 Å². The van der Waals surface area contributed by atoms with Gasteiger partial charge in [-0.05, 0) is 43.0 Å². The highest BCUT2D eigenvalue weighted by Gasteiger charge is 2.14. The monoisotopic (exact) mass is 274 g/mol. The number of primary amides is 1.